The van der Waals surface area contributed by atoms with Gasteiger partial charge in [0.1, 0.15) is 0 Å². The van der Waals surface area contributed by atoms with Crippen LogP contribution in [0.3, 0.4) is 0 Å². The summed E-state index contributed by atoms with van der Waals surface area (Å²) in [4.78, 5) is 11.6. The predicted octanol–water partition coefficient (Wildman–Crippen LogP) is 1.92. The van der Waals surface area contributed by atoms with E-state index in [-0.39, 0.29) is 0 Å². The number of aromatic nitrogens is 4. The molecule has 1 saturated carbocycles. The first-order valence-corrected chi connectivity index (χ1v) is 6.65. The maximum atomic E-state index is 11.6. The fraction of sp³-hybridized carbons (Fsp3) is 0.429. The molecule has 0 amide bonds. The van der Waals surface area contributed by atoms with E-state index in [2.05, 4.69) is 15.5 Å². The van der Waals surface area contributed by atoms with Crippen LogP contribution in [0.2, 0.25) is 0 Å². The Bertz CT molecular complexity index is 653. The van der Waals surface area contributed by atoms with Gasteiger partial charge in [0.15, 0.2) is 11.4 Å². The third-order valence-electron chi connectivity index (χ3n) is 4.16. The van der Waals surface area contributed by atoms with E-state index in [1.165, 1.54) is 4.68 Å². The first-order valence-electron chi connectivity index (χ1n) is 6.65. The van der Waals surface area contributed by atoms with Gasteiger partial charge in [0.05, 0.1) is 0 Å². The van der Waals surface area contributed by atoms with E-state index in [4.69, 9.17) is 0 Å². The summed E-state index contributed by atoms with van der Waals surface area (Å²) >= 11 is 0. The topological polar surface area (TPSA) is 80.9 Å². The SMILES string of the molecule is Cc1cccc(C)c1-c1nnnn1C1(C(=O)O)CCC1. The van der Waals surface area contributed by atoms with Crippen molar-refractivity contribution in [3.8, 4) is 11.4 Å². The molecular weight excluding hydrogens is 256 g/mol. The van der Waals surface area contributed by atoms with Gasteiger partial charge in [-0.25, -0.2) is 9.48 Å². The average Bonchev–Trinajstić information content (AvgIpc) is 2.76. The van der Waals surface area contributed by atoms with Crippen LogP contribution >= 0.6 is 0 Å². The van der Waals surface area contributed by atoms with Gasteiger partial charge in [-0.3, -0.25) is 0 Å². The van der Waals surface area contributed by atoms with Crippen LogP contribution in [0.4, 0.5) is 0 Å². The molecule has 1 fully saturated rings. The first kappa shape index (κ1) is 12.8. The van der Waals surface area contributed by atoms with Crippen molar-refractivity contribution in [2.45, 2.75) is 38.6 Å². The summed E-state index contributed by atoms with van der Waals surface area (Å²) in [5.41, 5.74) is 2.03. The van der Waals surface area contributed by atoms with Crippen molar-refractivity contribution in [2.75, 3.05) is 0 Å². The van der Waals surface area contributed by atoms with E-state index < -0.39 is 11.5 Å². The minimum Gasteiger partial charge on any atom is -0.479 e. The van der Waals surface area contributed by atoms with Gasteiger partial charge in [-0.05, 0) is 54.7 Å². The van der Waals surface area contributed by atoms with Gasteiger partial charge < -0.3 is 5.11 Å². The number of tetrazole rings is 1. The summed E-state index contributed by atoms with van der Waals surface area (Å²) in [7, 11) is 0. The van der Waals surface area contributed by atoms with Crippen LogP contribution < -0.4 is 0 Å². The number of hydrogen-bond acceptors (Lipinski definition) is 4. The molecule has 0 atom stereocenters. The quantitative estimate of drug-likeness (QED) is 0.923. The summed E-state index contributed by atoms with van der Waals surface area (Å²) in [6.07, 6.45) is 2.04. The molecule has 0 saturated heterocycles. The first-order chi connectivity index (χ1) is 9.56. The van der Waals surface area contributed by atoms with Crippen LogP contribution in [0.25, 0.3) is 11.4 Å². The normalized spacial score (nSPS) is 16.7. The summed E-state index contributed by atoms with van der Waals surface area (Å²) < 4.78 is 1.49. The average molecular weight is 272 g/mol. The van der Waals surface area contributed by atoms with Crippen molar-refractivity contribution in [1.82, 2.24) is 20.2 Å². The summed E-state index contributed by atoms with van der Waals surface area (Å²) in [6.45, 7) is 3.96. The fourth-order valence-electron chi connectivity index (χ4n) is 2.83. The molecule has 1 heterocycles. The molecule has 1 N–H and O–H groups in total. The van der Waals surface area contributed by atoms with Crippen molar-refractivity contribution in [2.24, 2.45) is 0 Å². The lowest BCUT2D eigenvalue weighted by Gasteiger charge is -2.37. The minimum atomic E-state index is -0.979. The monoisotopic (exact) mass is 272 g/mol. The largest absolute Gasteiger partial charge is 0.479 e. The smallest absolute Gasteiger partial charge is 0.331 e. The van der Waals surface area contributed by atoms with Crippen LogP contribution in [0.1, 0.15) is 30.4 Å². The third-order valence-corrected chi connectivity index (χ3v) is 4.16. The van der Waals surface area contributed by atoms with Crippen LogP contribution in [0.15, 0.2) is 18.2 Å². The van der Waals surface area contributed by atoms with Crippen molar-refractivity contribution >= 4 is 5.97 Å². The molecule has 1 aliphatic rings. The summed E-state index contributed by atoms with van der Waals surface area (Å²) in [5.74, 6) is -0.314. The van der Waals surface area contributed by atoms with Gasteiger partial charge in [-0.15, -0.1) is 5.10 Å². The zero-order valence-corrected chi connectivity index (χ0v) is 11.5. The van der Waals surface area contributed by atoms with Crippen LogP contribution in [-0.2, 0) is 10.3 Å². The minimum absolute atomic E-state index is 0.544. The number of aryl methyl sites for hydroxylation is 2. The van der Waals surface area contributed by atoms with Crippen molar-refractivity contribution in [3.63, 3.8) is 0 Å². The van der Waals surface area contributed by atoms with Gasteiger partial charge in [0.25, 0.3) is 0 Å². The molecule has 0 spiro atoms. The lowest BCUT2D eigenvalue weighted by molar-refractivity contribution is -0.153. The van der Waals surface area contributed by atoms with E-state index >= 15 is 0 Å². The molecule has 104 valence electrons. The van der Waals surface area contributed by atoms with E-state index in [9.17, 15) is 9.90 Å². The Hall–Kier alpha value is -2.24. The van der Waals surface area contributed by atoms with Gasteiger partial charge >= 0.3 is 5.97 Å². The van der Waals surface area contributed by atoms with Crippen LogP contribution in [0, 0.1) is 13.8 Å². The molecule has 1 aromatic carbocycles. The molecule has 0 unspecified atom stereocenters. The number of nitrogens with zero attached hydrogens (tertiary/aromatic N) is 4. The second-order valence-corrected chi connectivity index (χ2v) is 5.37. The lowest BCUT2D eigenvalue weighted by atomic mass is 9.76. The van der Waals surface area contributed by atoms with E-state index in [1.807, 2.05) is 32.0 Å². The Morgan fingerprint density at radius 1 is 1.30 bits per heavy atom. The van der Waals surface area contributed by atoms with Crippen molar-refractivity contribution < 1.29 is 9.90 Å². The maximum Gasteiger partial charge on any atom is 0.331 e. The van der Waals surface area contributed by atoms with Crippen molar-refractivity contribution in [3.05, 3.63) is 29.3 Å². The van der Waals surface area contributed by atoms with Gasteiger partial charge in [-0.1, -0.05) is 18.2 Å². The Morgan fingerprint density at radius 3 is 2.45 bits per heavy atom. The highest BCUT2D eigenvalue weighted by Crippen LogP contribution is 2.41. The molecule has 6 nitrogen and oxygen atoms in total. The molecule has 20 heavy (non-hydrogen) atoms. The van der Waals surface area contributed by atoms with E-state index in [0.717, 1.165) is 23.1 Å². The summed E-state index contributed by atoms with van der Waals surface area (Å²) in [6, 6.07) is 5.93. The Morgan fingerprint density at radius 2 is 1.95 bits per heavy atom. The Labute approximate surface area is 116 Å². The predicted molar refractivity (Wildman–Crippen MR) is 72.2 cm³/mol. The number of carbonyl (C=O) groups is 1. The maximum absolute atomic E-state index is 11.6. The highest BCUT2D eigenvalue weighted by Gasteiger charge is 2.49. The third kappa shape index (κ3) is 1.64. The highest BCUT2D eigenvalue weighted by atomic mass is 16.4. The van der Waals surface area contributed by atoms with Crippen LogP contribution in [0.5, 0.6) is 0 Å². The van der Waals surface area contributed by atoms with E-state index in [1.54, 1.807) is 0 Å². The number of hydrogen-bond donors (Lipinski definition) is 1. The standard InChI is InChI=1S/C14H16N4O2/c1-9-5-3-6-10(2)11(9)12-15-16-17-18(12)14(13(19)20)7-4-8-14/h3,5-6H,4,7-8H2,1-2H3,(H,19,20). The molecule has 6 heteroatoms. The number of carboxylic acids is 1. The number of benzene rings is 1. The summed E-state index contributed by atoms with van der Waals surface area (Å²) in [5, 5.41) is 21.3. The van der Waals surface area contributed by atoms with Gasteiger partial charge in [0, 0.05) is 5.56 Å². The van der Waals surface area contributed by atoms with E-state index in [0.29, 0.717) is 18.7 Å². The highest BCUT2D eigenvalue weighted by molar-refractivity contribution is 5.79. The Kier molecular flexibility index (Phi) is 2.81. The number of rotatable bonds is 3. The van der Waals surface area contributed by atoms with Gasteiger partial charge in [0.2, 0.25) is 0 Å². The number of aliphatic carboxylic acids is 1. The Balaban J connectivity index is 2.19. The molecule has 2 aromatic rings. The molecule has 1 aliphatic carbocycles. The fourth-order valence-corrected chi connectivity index (χ4v) is 2.83. The van der Waals surface area contributed by atoms with Crippen molar-refractivity contribution in [1.29, 1.82) is 0 Å². The lowest BCUT2D eigenvalue weighted by Crippen LogP contribution is -2.48. The number of carboxylic acid groups (broad SMARTS) is 1. The van der Waals surface area contributed by atoms with Gasteiger partial charge in [-0.2, -0.15) is 0 Å². The molecule has 0 bridgehead atoms. The second kappa shape index (κ2) is 4.40. The zero-order chi connectivity index (χ0) is 14.3. The molecule has 0 aliphatic heterocycles. The molecular formula is C14H16N4O2. The van der Waals surface area contributed by atoms with Crippen LogP contribution in [-0.4, -0.2) is 31.3 Å². The second-order valence-electron chi connectivity index (χ2n) is 5.37. The zero-order valence-electron chi connectivity index (χ0n) is 11.5. The molecule has 0 radical (unpaired) electrons. The molecule has 1 aromatic heterocycles. The molecule has 3 rings (SSSR count).